The number of oxazole rings is 1. The molecule has 1 fully saturated rings. The zero-order valence-corrected chi connectivity index (χ0v) is 18.8. The van der Waals surface area contributed by atoms with Crippen LogP contribution in [0.4, 0.5) is 0 Å². The second-order valence-electron chi connectivity index (χ2n) is 7.34. The normalized spacial score (nSPS) is 18.0. The molecular formula is C20H29N3O7S. The van der Waals surface area contributed by atoms with Gasteiger partial charge in [0.15, 0.2) is 11.9 Å². The third kappa shape index (κ3) is 5.17. The summed E-state index contributed by atoms with van der Waals surface area (Å²) >= 11 is 0. The summed E-state index contributed by atoms with van der Waals surface area (Å²) < 4.78 is 44.9. The van der Waals surface area contributed by atoms with Gasteiger partial charge in [0.2, 0.25) is 15.9 Å². The van der Waals surface area contributed by atoms with Crippen LogP contribution < -0.4 is 11.1 Å². The number of nitrogens with zero attached hydrogens (tertiary/aromatic N) is 2. The van der Waals surface area contributed by atoms with Crippen molar-refractivity contribution >= 4 is 27.0 Å². The van der Waals surface area contributed by atoms with Crippen LogP contribution in [0.5, 0.6) is 0 Å². The van der Waals surface area contributed by atoms with Gasteiger partial charge in [-0.2, -0.15) is 4.31 Å². The van der Waals surface area contributed by atoms with E-state index in [1.807, 2.05) is 13.8 Å². The SMILES string of the molecule is CCOC(CNC(=O)[C@@H]1CCCN(S(=O)(=O)c2ccc3c(c2)oc(=O)n3C)C1)OCC. The molecule has 1 aliphatic rings. The van der Waals surface area contributed by atoms with Crippen LogP contribution in [0.1, 0.15) is 26.7 Å². The Morgan fingerprint density at radius 1 is 1.29 bits per heavy atom. The lowest BCUT2D eigenvalue weighted by molar-refractivity contribution is -0.142. The van der Waals surface area contributed by atoms with Gasteiger partial charge in [-0.05, 0) is 38.8 Å². The minimum atomic E-state index is -3.84. The Bertz CT molecular complexity index is 1070. The summed E-state index contributed by atoms with van der Waals surface area (Å²) in [5.41, 5.74) is 0.718. The molecule has 31 heavy (non-hydrogen) atoms. The molecule has 172 valence electrons. The Labute approximate surface area is 181 Å². The molecule has 1 aromatic carbocycles. The minimum absolute atomic E-state index is 0.0307. The molecule has 1 amide bonds. The number of amides is 1. The predicted molar refractivity (Wildman–Crippen MR) is 113 cm³/mol. The first-order valence-corrected chi connectivity index (χ1v) is 11.8. The van der Waals surface area contributed by atoms with Crippen LogP contribution in [0.3, 0.4) is 0 Å². The molecule has 2 aromatic rings. The van der Waals surface area contributed by atoms with Crippen molar-refractivity contribution in [2.45, 2.75) is 37.9 Å². The average molecular weight is 456 g/mol. The van der Waals surface area contributed by atoms with Gasteiger partial charge < -0.3 is 19.2 Å². The number of ether oxygens (including phenoxy) is 2. The zero-order chi connectivity index (χ0) is 22.6. The van der Waals surface area contributed by atoms with E-state index in [1.165, 1.54) is 21.0 Å². The van der Waals surface area contributed by atoms with Crippen LogP contribution in [0.2, 0.25) is 0 Å². The summed E-state index contributed by atoms with van der Waals surface area (Å²) in [5, 5.41) is 2.80. The molecule has 2 heterocycles. The van der Waals surface area contributed by atoms with Gasteiger partial charge >= 0.3 is 5.76 Å². The highest BCUT2D eigenvalue weighted by molar-refractivity contribution is 7.89. The molecular weight excluding hydrogens is 426 g/mol. The van der Waals surface area contributed by atoms with Crippen molar-refractivity contribution < 1.29 is 27.1 Å². The molecule has 1 saturated heterocycles. The second kappa shape index (κ2) is 9.94. The maximum Gasteiger partial charge on any atom is 0.419 e. The number of hydrogen-bond donors (Lipinski definition) is 1. The quantitative estimate of drug-likeness (QED) is 0.561. The highest BCUT2D eigenvalue weighted by Gasteiger charge is 2.34. The molecule has 11 heteroatoms. The summed E-state index contributed by atoms with van der Waals surface area (Å²) in [6.07, 6.45) is 0.633. The van der Waals surface area contributed by atoms with Crippen LogP contribution in [-0.4, -0.2) is 62.3 Å². The van der Waals surface area contributed by atoms with Crippen molar-refractivity contribution in [2.75, 3.05) is 32.8 Å². The van der Waals surface area contributed by atoms with Crippen molar-refractivity contribution in [3.63, 3.8) is 0 Å². The van der Waals surface area contributed by atoms with E-state index in [4.69, 9.17) is 13.9 Å². The molecule has 0 saturated carbocycles. The maximum atomic E-state index is 13.2. The molecule has 0 unspecified atom stereocenters. The first-order chi connectivity index (χ1) is 14.8. The van der Waals surface area contributed by atoms with Gasteiger partial charge in [-0.15, -0.1) is 0 Å². The number of fused-ring (bicyclic) bond motifs is 1. The van der Waals surface area contributed by atoms with Crippen molar-refractivity contribution in [3.05, 3.63) is 28.7 Å². The van der Waals surface area contributed by atoms with Crippen LogP contribution in [-0.2, 0) is 31.3 Å². The van der Waals surface area contributed by atoms with Gasteiger partial charge in [0.25, 0.3) is 0 Å². The lowest BCUT2D eigenvalue weighted by Gasteiger charge is -2.31. The summed E-state index contributed by atoms with van der Waals surface area (Å²) in [6.45, 7) is 5.21. The van der Waals surface area contributed by atoms with Gasteiger partial charge in [0.05, 0.1) is 22.9 Å². The van der Waals surface area contributed by atoms with Gasteiger partial charge in [0, 0.05) is 39.4 Å². The van der Waals surface area contributed by atoms with E-state index in [2.05, 4.69) is 5.32 Å². The van der Waals surface area contributed by atoms with E-state index >= 15 is 0 Å². The lowest BCUT2D eigenvalue weighted by Crippen LogP contribution is -2.47. The molecule has 1 aliphatic heterocycles. The number of aryl methyl sites for hydroxylation is 1. The summed E-state index contributed by atoms with van der Waals surface area (Å²) in [7, 11) is -2.29. The number of carbonyl (C=O) groups is 1. The Balaban J connectivity index is 1.70. The number of rotatable bonds is 9. The van der Waals surface area contributed by atoms with Gasteiger partial charge in [0.1, 0.15) is 0 Å². The van der Waals surface area contributed by atoms with E-state index in [1.54, 1.807) is 13.1 Å². The fourth-order valence-corrected chi connectivity index (χ4v) is 5.20. The Kier molecular flexibility index (Phi) is 7.52. The van der Waals surface area contributed by atoms with Crippen molar-refractivity contribution in [3.8, 4) is 0 Å². The van der Waals surface area contributed by atoms with Gasteiger partial charge in [-0.25, -0.2) is 13.2 Å². The minimum Gasteiger partial charge on any atom is -0.408 e. The Morgan fingerprint density at radius 3 is 2.68 bits per heavy atom. The van der Waals surface area contributed by atoms with Gasteiger partial charge in [-0.3, -0.25) is 9.36 Å². The molecule has 1 aromatic heterocycles. The van der Waals surface area contributed by atoms with E-state index in [-0.39, 0.29) is 29.5 Å². The monoisotopic (exact) mass is 455 g/mol. The molecule has 1 atom stereocenters. The number of piperidine rings is 1. The fraction of sp³-hybridized carbons (Fsp3) is 0.600. The highest BCUT2D eigenvalue weighted by Crippen LogP contribution is 2.26. The standard InChI is InChI=1S/C20H29N3O7S/c1-4-28-18(29-5-2)12-21-19(24)14-7-6-10-23(13-14)31(26,27)15-8-9-16-17(11-15)30-20(25)22(16)3/h8-9,11,14,18H,4-7,10,12-13H2,1-3H3,(H,21,24)/t14-/m1/s1. The number of hydrogen-bond acceptors (Lipinski definition) is 7. The van der Waals surface area contributed by atoms with Gasteiger partial charge in [-0.1, -0.05) is 0 Å². The Morgan fingerprint density at radius 2 is 2.00 bits per heavy atom. The van der Waals surface area contributed by atoms with E-state index in [0.717, 1.165) is 0 Å². The number of benzene rings is 1. The lowest BCUT2D eigenvalue weighted by atomic mass is 9.99. The number of aromatic nitrogens is 1. The van der Waals surface area contributed by atoms with Crippen molar-refractivity contribution in [2.24, 2.45) is 13.0 Å². The smallest absolute Gasteiger partial charge is 0.408 e. The third-order valence-corrected chi connectivity index (χ3v) is 7.17. The number of sulfonamides is 1. The second-order valence-corrected chi connectivity index (χ2v) is 9.28. The summed E-state index contributed by atoms with van der Waals surface area (Å²) in [6, 6.07) is 4.35. The molecule has 3 rings (SSSR count). The number of carbonyl (C=O) groups excluding carboxylic acids is 1. The first-order valence-electron chi connectivity index (χ1n) is 10.4. The van der Waals surface area contributed by atoms with E-state index < -0.39 is 28.0 Å². The first kappa shape index (κ1) is 23.5. The summed E-state index contributed by atoms with van der Waals surface area (Å²) in [5.74, 6) is -1.25. The van der Waals surface area contributed by atoms with E-state index in [9.17, 15) is 18.0 Å². The largest absolute Gasteiger partial charge is 0.419 e. The van der Waals surface area contributed by atoms with Crippen LogP contribution in [0, 0.1) is 5.92 Å². The van der Waals surface area contributed by atoms with Crippen LogP contribution >= 0.6 is 0 Å². The Hall–Kier alpha value is -2.21. The zero-order valence-electron chi connectivity index (χ0n) is 18.0. The highest BCUT2D eigenvalue weighted by atomic mass is 32.2. The molecule has 1 N–H and O–H groups in total. The number of nitrogens with one attached hydrogen (secondary N) is 1. The fourth-order valence-electron chi connectivity index (χ4n) is 3.66. The molecule has 10 nitrogen and oxygen atoms in total. The van der Waals surface area contributed by atoms with E-state index in [0.29, 0.717) is 38.1 Å². The van der Waals surface area contributed by atoms with Crippen LogP contribution in [0.25, 0.3) is 11.1 Å². The predicted octanol–water partition coefficient (Wildman–Crippen LogP) is 1.05. The summed E-state index contributed by atoms with van der Waals surface area (Å²) in [4.78, 5) is 24.4. The molecule has 0 spiro atoms. The molecule has 0 aliphatic carbocycles. The molecule has 0 radical (unpaired) electrons. The van der Waals surface area contributed by atoms with Crippen LogP contribution in [0.15, 0.2) is 32.3 Å². The molecule has 0 bridgehead atoms. The van der Waals surface area contributed by atoms with Crippen molar-refractivity contribution in [1.29, 1.82) is 0 Å². The average Bonchev–Trinajstić information content (AvgIpc) is 3.05. The third-order valence-electron chi connectivity index (χ3n) is 5.30. The van der Waals surface area contributed by atoms with Crippen molar-refractivity contribution in [1.82, 2.24) is 14.2 Å². The maximum absolute atomic E-state index is 13.2. The topological polar surface area (TPSA) is 120 Å².